The fraction of sp³-hybridized carbons (Fsp3) is 0.714. The quantitative estimate of drug-likeness (QED) is 0.730. The monoisotopic (exact) mass is 303 g/mol. The normalized spacial score (nSPS) is 14.3. The van der Waals surface area contributed by atoms with Crippen LogP contribution in [0, 0.1) is 5.41 Å². The fourth-order valence-corrected chi connectivity index (χ4v) is 4.32. The maximum absolute atomic E-state index is 6.32. The summed E-state index contributed by atoms with van der Waals surface area (Å²) in [5.41, 5.74) is 9.62. The second-order valence-electron chi connectivity index (χ2n) is 10.2. The summed E-state index contributed by atoms with van der Waals surface area (Å²) in [4.78, 5) is 0. The van der Waals surface area contributed by atoms with Crippen molar-refractivity contribution in [3.63, 3.8) is 0 Å². The summed E-state index contributed by atoms with van der Waals surface area (Å²) in [6, 6.07) is 8.95. The Morgan fingerprint density at radius 3 is 1.36 bits per heavy atom. The highest BCUT2D eigenvalue weighted by Crippen LogP contribution is 2.42. The number of rotatable bonds is 5. The number of hydrogen-bond acceptors (Lipinski definition) is 1. The van der Waals surface area contributed by atoms with Crippen LogP contribution < -0.4 is 5.73 Å². The molecule has 0 atom stereocenters. The highest BCUT2D eigenvalue weighted by molar-refractivity contribution is 5.39. The fourth-order valence-electron chi connectivity index (χ4n) is 4.32. The van der Waals surface area contributed by atoms with Crippen LogP contribution in [0.3, 0.4) is 0 Å². The first-order chi connectivity index (χ1) is 9.64. The lowest BCUT2D eigenvalue weighted by Crippen LogP contribution is -2.40. The van der Waals surface area contributed by atoms with Gasteiger partial charge in [-0.25, -0.2) is 0 Å². The summed E-state index contributed by atoms with van der Waals surface area (Å²) < 4.78 is 0. The van der Waals surface area contributed by atoms with E-state index >= 15 is 0 Å². The first kappa shape index (κ1) is 19.2. The van der Waals surface area contributed by atoms with E-state index in [4.69, 9.17) is 5.73 Å². The van der Waals surface area contributed by atoms with Crippen LogP contribution in [-0.2, 0) is 10.8 Å². The molecule has 1 aromatic carbocycles. The molecule has 0 bridgehead atoms. The van der Waals surface area contributed by atoms with Crippen LogP contribution in [0.2, 0.25) is 0 Å². The van der Waals surface area contributed by atoms with Gasteiger partial charge in [-0.05, 0) is 54.1 Å². The van der Waals surface area contributed by atoms with Crippen molar-refractivity contribution in [3.8, 4) is 0 Å². The molecule has 22 heavy (non-hydrogen) atoms. The molecule has 0 amide bonds. The molecule has 0 aromatic heterocycles. The predicted octanol–water partition coefficient (Wildman–Crippen LogP) is 5.81. The molecule has 126 valence electrons. The van der Waals surface area contributed by atoms with Crippen molar-refractivity contribution in [2.45, 2.75) is 91.5 Å². The summed E-state index contributed by atoms with van der Waals surface area (Å²) in [5.74, 6) is 0. The van der Waals surface area contributed by atoms with Gasteiger partial charge >= 0.3 is 0 Å². The third-order valence-electron chi connectivity index (χ3n) is 4.26. The van der Waals surface area contributed by atoms with Gasteiger partial charge in [0.25, 0.3) is 0 Å². The molecule has 0 fully saturated rings. The molecule has 0 unspecified atom stereocenters. The van der Waals surface area contributed by atoms with Gasteiger partial charge < -0.3 is 5.73 Å². The Hall–Kier alpha value is -0.820. The Labute approximate surface area is 138 Å². The van der Waals surface area contributed by atoms with E-state index in [1.54, 1.807) is 0 Å². The minimum Gasteiger partial charge on any atom is -0.326 e. The van der Waals surface area contributed by atoms with E-state index in [0.29, 0.717) is 5.41 Å². The minimum atomic E-state index is -0.162. The van der Waals surface area contributed by atoms with Crippen LogP contribution in [0.1, 0.15) is 86.3 Å². The van der Waals surface area contributed by atoms with E-state index in [9.17, 15) is 0 Å². The van der Waals surface area contributed by atoms with Crippen molar-refractivity contribution >= 4 is 0 Å². The van der Waals surface area contributed by atoms with Gasteiger partial charge in [0.15, 0.2) is 0 Å². The SMILES string of the molecule is CC(C)(C)CC(C)(C)c1ccccc1C(C)(C)CC(C)(C)N. The first-order valence-electron chi connectivity index (χ1n) is 8.53. The highest BCUT2D eigenvalue weighted by atomic mass is 14.7. The van der Waals surface area contributed by atoms with Gasteiger partial charge in [0.05, 0.1) is 0 Å². The largest absolute Gasteiger partial charge is 0.326 e. The lowest BCUT2D eigenvalue weighted by atomic mass is 9.66. The van der Waals surface area contributed by atoms with Crippen LogP contribution in [0.5, 0.6) is 0 Å². The van der Waals surface area contributed by atoms with Gasteiger partial charge in [-0.15, -0.1) is 0 Å². The minimum absolute atomic E-state index is 0.0734. The zero-order valence-electron chi connectivity index (χ0n) is 16.3. The molecule has 0 heterocycles. The Morgan fingerprint density at radius 1 is 0.682 bits per heavy atom. The lowest BCUT2D eigenvalue weighted by Gasteiger charge is -2.40. The van der Waals surface area contributed by atoms with Gasteiger partial charge in [0, 0.05) is 5.54 Å². The van der Waals surface area contributed by atoms with E-state index in [0.717, 1.165) is 6.42 Å². The molecule has 0 spiro atoms. The molecule has 0 saturated heterocycles. The van der Waals surface area contributed by atoms with Crippen molar-refractivity contribution < 1.29 is 0 Å². The van der Waals surface area contributed by atoms with Crippen LogP contribution >= 0.6 is 0 Å². The second kappa shape index (κ2) is 6.00. The molecule has 1 heteroatoms. The topological polar surface area (TPSA) is 26.0 Å². The second-order valence-corrected chi connectivity index (χ2v) is 10.2. The summed E-state index contributed by atoms with van der Waals surface area (Å²) >= 11 is 0. The number of hydrogen-bond donors (Lipinski definition) is 1. The number of benzene rings is 1. The zero-order valence-corrected chi connectivity index (χ0v) is 16.3. The van der Waals surface area contributed by atoms with Crippen LogP contribution in [0.4, 0.5) is 0 Å². The summed E-state index contributed by atoms with van der Waals surface area (Å²) in [5, 5.41) is 0. The molecule has 0 saturated carbocycles. The van der Waals surface area contributed by atoms with Gasteiger partial charge in [0.2, 0.25) is 0 Å². The van der Waals surface area contributed by atoms with Crippen molar-refractivity contribution in [1.82, 2.24) is 0 Å². The Balaban J connectivity index is 3.30. The van der Waals surface area contributed by atoms with Crippen LogP contribution in [0.15, 0.2) is 24.3 Å². The molecule has 0 aliphatic carbocycles. The van der Waals surface area contributed by atoms with Crippen molar-refractivity contribution in [2.75, 3.05) is 0 Å². The van der Waals surface area contributed by atoms with Crippen LogP contribution in [-0.4, -0.2) is 5.54 Å². The van der Waals surface area contributed by atoms with E-state index in [1.165, 1.54) is 17.5 Å². The first-order valence-corrected chi connectivity index (χ1v) is 8.53. The van der Waals surface area contributed by atoms with Gasteiger partial charge in [-0.2, -0.15) is 0 Å². The van der Waals surface area contributed by atoms with Crippen molar-refractivity contribution in [1.29, 1.82) is 0 Å². The molecule has 0 aliphatic rings. The van der Waals surface area contributed by atoms with E-state index in [2.05, 4.69) is 86.6 Å². The Morgan fingerprint density at radius 2 is 1.05 bits per heavy atom. The van der Waals surface area contributed by atoms with Crippen molar-refractivity contribution in [2.24, 2.45) is 11.1 Å². The van der Waals surface area contributed by atoms with Crippen molar-refractivity contribution in [3.05, 3.63) is 35.4 Å². The third kappa shape index (κ3) is 5.43. The average Bonchev–Trinajstić information content (AvgIpc) is 2.22. The predicted molar refractivity (Wildman–Crippen MR) is 99.4 cm³/mol. The molecule has 1 rings (SSSR count). The number of nitrogens with two attached hydrogens (primary N) is 1. The average molecular weight is 304 g/mol. The smallest absolute Gasteiger partial charge is 0.0105 e. The maximum atomic E-state index is 6.32. The summed E-state index contributed by atoms with van der Waals surface area (Å²) in [6.45, 7) is 20.6. The molecular weight excluding hydrogens is 266 g/mol. The zero-order chi connectivity index (χ0) is 17.4. The third-order valence-corrected chi connectivity index (χ3v) is 4.26. The Bertz CT molecular complexity index is 448. The van der Waals surface area contributed by atoms with Gasteiger partial charge in [-0.1, -0.05) is 72.7 Å². The highest BCUT2D eigenvalue weighted by Gasteiger charge is 2.35. The lowest BCUT2D eigenvalue weighted by molar-refractivity contribution is 0.277. The molecule has 1 aromatic rings. The molecule has 2 N–H and O–H groups in total. The van der Waals surface area contributed by atoms with Gasteiger partial charge in [0.1, 0.15) is 0 Å². The molecule has 1 nitrogen and oxygen atoms in total. The molecular formula is C21H37N. The molecule has 0 aliphatic heterocycles. The maximum Gasteiger partial charge on any atom is 0.0105 e. The molecule has 0 radical (unpaired) electrons. The van der Waals surface area contributed by atoms with E-state index < -0.39 is 0 Å². The van der Waals surface area contributed by atoms with E-state index in [-0.39, 0.29) is 16.4 Å². The van der Waals surface area contributed by atoms with Gasteiger partial charge in [-0.3, -0.25) is 0 Å². The summed E-state index contributed by atoms with van der Waals surface area (Å²) in [7, 11) is 0. The summed E-state index contributed by atoms with van der Waals surface area (Å²) in [6.07, 6.45) is 2.14. The Kier molecular flexibility index (Phi) is 5.24. The standard InChI is InChI=1S/C21H37N/c1-18(2,3)14-19(4,5)16-12-10-11-13-17(16)20(6,7)15-21(8,9)22/h10-13H,14-15,22H2,1-9H3. The van der Waals surface area contributed by atoms with E-state index in [1.807, 2.05) is 0 Å². The van der Waals surface area contributed by atoms with Crippen LogP contribution in [0.25, 0.3) is 0 Å².